The van der Waals surface area contributed by atoms with Crippen LogP contribution in [0.4, 0.5) is 5.82 Å². The largest absolute Gasteiger partial charge is 0.357 e. The second kappa shape index (κ2) is 8.01. The van der Waals surface area contributed by atoms with Crippen LogP contribution in [-0.4, -0.2) is 57.4 Å². The Morgan fingerprint density at radius 2 is 1.82 bits per heavy atom. The summed E-state index contributed by atoms with van der Waals surface area (Å²) in [7, 11) is -1.14. The molecule has 10 heteroatoms. The standard InChI is InChI=1S/C23H23N7O2S/c1-28-14-19(13-26-28)17-9-21(23-18(10-24)12-27-30(23)15-17)16-3-4-22(25-11-16)29-7-5-20(6-8-29)33(2,31)32/h3-4,9,11-15,20H,5-8H2,1-2H3. The van der Waals surface area contributed by atoms with Gasteiger partial charge < -0.3 is 4.90 Å². The Balaban J connectivity index is 1.50. The van der Waals surface area contributed by atoms with E-state index in [0.29, 0.717) is 31.5 Å². The third-order valence-electron chi connectivity index (χ3n) is 6.20. The average molecular weight is 462 g/mol. The van der Waals surface area contributed by atoms with Gasteiger partial charge in [0, 0.05) is 67.2 Å². The lowest BCUT2D eigenvalue weighted by molar-refractivity contribution is 0.532. The van der Waals surface area contributed by atoms with Gasteiger partial charge in [0.1, 0.15) is 21.7 Å². The van der Waals surface area contributed by atoms with Crippen LogP contribution in [0.3, 0.4) is 0 Å². The Kier molecular flexibility index (Phi) is 5.13. The molecule has 1 aliphatic heterocycles. The van der Waals surface area contributed by atoms with E-state index in [9.17, 15) is 13.7 Å². The average Bonchev–Trinajstić information content (AvgIpc) is 3.44. The van der Waals surface area contributed by atoms with Gasteiger partial charge in [-0.25, -0.2) is 17.9 Å². The summed E-state index contributed by atoms with van der Waals surface area (Å²) in [5.74, 6) is 0.819. The Morgan fingerprint density at radius 3 is 2.42 bits per heavy atom. The second-order valence-electron chi connectivity index (χ2n) is 8.43. The van der Waals surface area contributed by atoms with E-state index in [-0.39, 0.29) is 5.25 Å². The fraction of sp³-hybridized carbons (Fsp3) is 0.304. The molecule has 0 aliphatic carbocycles. The minimum atomic E-state index is -3.01. The minimum Gasteiger partial charge on any atom is -0.357 e. The molecular formula is C23H23N7O2S. The fourth-order valence-corrected chi connectivity index (χ4v) is 5.46. The summed E-state index contributed by atoms with van der Waals surface area (Å²) in [6.45, 7) is 1.32. The Bertz CT molecular complexity index is 1470. The number of hydrogen-bond donors (Lipinski definition) is 0. The van der Waals surface area contributed by atoms with Gasteiger partial charge in [0.15, 0.2) is 0 Å². The first kappa shape index (κ1) is 21.2. The van der Waals surface area contributed by atoms with Crippen LogP contribution >= 0.6 is 0 Å². The normalized spacial score (nSPS) is 15.1. The molecule has 0 spiro atoms. The van der Waals surface area contributed by atoms with E-state index >= 15 is 0 Å². The van der Waals surface area contributed by atoms with Gasteiger partial charge in [0.2, 0.25) is 0 Å². The molecule has 1 aliphatic rings. The molecule has 0 N–H and O–H groups in total. The van der Waals surface area contributed by atoms with E-state index in [1.165, 1.54) is 6.26 Å². The smallest absolute Gasteiger partial charge is 0.150 e. The Morgan fingerprint density at radius 1 is 1.03 bits per heavy atom. The molecule has 0 saturated carbocycles. The third kappa shape index (κ3) is 3.96. The van der Waals surface area contributed by atoms with Crippen molar-refractivity contribution in [2.24, 2.45) is 7.05 Å². The number of rotatable bonds is 4. The maximum Gasteiger partial charge on any atom is 0.150 e. The van der Waals surface area contributed by atoms with Crippen molar-refractivity contribution >= 4 is 21.2 Å². The molecule has 1 fully saturated rings. The van der Waals surface area contributed by atoms with Crippen LogP contribution in [0.5, 0.6) is 0 Å². The molecule has 33 heavy (non-hydrogen) atoms. The molecular weight excluding hydrogens is 438 g/mol. The van der Waals surface area contributed by atoms with Crippen LogP contribution in [0, 0.1) is 11.3 Å². The number of hydrogen-bond acceptors (Lipinski definition) is 7. The highest BCUT2D eigenvalue weighted by atomic mass is 32.2. The van der Waals surface area contributed by atoms with Crippen LogP contribution in [0.15, 0.2) is 49.2 Å². The summed E-state index contributed by atoms with van der Waals surface area (Å²) in [5.41, 5.74) is 4.85. The molecule has 0 bridgehead atoms. The van der Waals surface area contributed by atoms with Crippen LogP contribution < -0.4 is 4.90 Å². The van der Waals surface area contributed by atoms with Gasteiger partial charge in [0.05, 0.1) is 28.7 Å². The molecule has 5 rings (SSSR count). The number of nitrogens with zero attached hydrogens (tertiary/aromatic N) is 7. The van der Waals surface area contributed by atoms with Crippen molar-refractivity contribution in [2.75, 3.05) is 24.2 Å². The monoisotopic (exact) mass is 461 g/mol. The molecule has 4 aromatic rings. The summed E-state index contributed by atoms with van der Waals surface area (Å²) in [4.78, 5) is 6.78. The summed E-state index contributed by atoms with van der Waals surface area (Å²) < 4.78 is 27.1. The highest BCUT2D eigenvalue weighted by Gasteiger charge is 2.27. The minimum absolute atomic E-state index is 0.275. The van der Waals surface area contributed by atoms with Crippen LogP contribution in [-0.2, 0) is 16.9 Å². The molecule has 1 saturated heterocycles. The molecule has 0 radical (unpaired) electrons. The van der Waals surface area contributed by atoms with Crippen molar-refractivity contribution in [1.29, 1.82) is 5.26 Å². The summed E-state index contributed by atoms with van der Waals surface area (Å²) in [6, 6.07) is 8.19. The number of aryl methyl sites for hydroxylation is 1. The molecule has 0 aromatic carbocycles. The molecule has 168 valence electrons. The van der Waals surface area contributed by atoms with Gasteiger partial charge in [-0.2, -0.15) is 15.5 Å². The first-order valence-electron chi connectivity index (χ1n) is 10.6. The zero-order valence-corrected chi connectivity index (χ0v) is 19.2. The van der Waals surface area contributed by atoms with E-state index in [0.717, 1.165) is 33.6 Å². The Labute approximate surface area is 191 Å². The number of aromatic nitrogens is 5. The number of nitriles is 1. The van der Waals surface area contributed by atoms with Crippen molar-refractivity contribution in [3.8, 4) is 28.3 Å². The van der Waals surface area contributed by atoms with Crippen LogP contribution in [0.2, 0.25) is 0 Å². The van der Waals surface area contributed by atoms with E-state index in [4.69, 9.17) is 0 Å². The van der Waals surface area contributed by atoms with E-state index in [1.54, 1.807) is 27.8 Å². The van der Waals surface area contributed by atoms with Crippen LogP contribution in [0.1, 0.15) is 18.4 Å². The number of fused-ring (bicyclic) bond motifs is 1. The van der Waals surface area contributed by atoms with Gasteiger partial charge >= 0.3 is 0 Å². The lowest BCUT2D eigenvalue weighted by atomic mass is 10.0. The van der Waals surface area contributed by atoms with E-state index in [1.807, 2.05) is 37.6 Å². The van der Waals surface area contributed by atoms with Gasteiger partial charge in [-0.3, -0.25) is 4.68 Å². The van der Waals surface area contributed by atoms with Crippen molar-refractivity contribution in [2.45, 2.75) is 18.1 Å². The first-order chi connectivity index (χ1) is 15.8. The van der Waals surface area contributed by atoms with E-state index in [2.05, 4.69) is 26.2 Å². The van der Waals surface area contributed by atoms with Gasteiger partial charge in [0.25, 0.3) is 0 Å². The highest BCUT2D eigenvalue weighted by molar-refractivity contribution is 7.91. The lowest BCUT2D eigenvalue weighted by Gasteiger charge is -2.32. The van der Waals surface area contributed by atoms with Crippen molar-refractivity contribution < 1.29 is 8.42 Å². The Hall–Kier alpha value is -3.71. The fourth-order valence-electron chi connectivity index (χ4n) is 4.40. The number of pyridine rings is 2. The third-order valence-corrected chi connectivity index (χ3v) is 7.88. The quantitative estimate of drug-likeness (QED) is 0.460. The summed E-state index contributed by atoms with van der Waals surface area (Å²) >= 11 is 0. The summed E-state index contributed by atoms with van der Waals surface area (Å²) in [5, 5.41) is 18.0. The van der Waals surface area contributed by atoms with Crippen molar-refractivity contribution in [1.82, 2.24) is 24.4 Å². The molecule has 0 atom stereocenters. The lowest BCUT2D eigenvalue weighted by Crippen LogP contribution is -2.39. The maximum absolute atomic E-state index is 11.8. The van der Waals surface area contributed by atoms with Gasteiger partial charge in [-0.1, -0.05) is 0 Å². The molecule has 0 unspecified atom stereocenters. The van der Waals surface area contributed by atoms with Gasteiger partial charge in [-0.15, -0.1) is 0 Å². The second-order valence-corrected chi connectivity index (χ2v) is 10.8. The van der Waals surface area contributed by atoms with Crippen molar-refractivity contribution in [3.63, 3.8) is 0 Å². The number of anilines is 1. The predicted molar refractivity (Wildman–Crippen MR) is 125 cm³/mol. The van der Waals surface area contributed by atoms with Gasteiger partial charge in [-0.05, 0) is 31.0 Å². The molecule has 9 nitrogen and oxygen atoms in total. The van der Waals surface area contributed by atoms with E-state index < -0.39 is 9.84 Å². The highest BCUT2D eigenvalue weighted by Crippen LogP contribution is 2.32. The zero-order chi connectivity index (χ0) is 23.2. The number of piperidine rings is 1. The predicted octanol–water partition coefficient (Wildman–Crippen LogP) is 2.68. The SMILES string of the molecule is Cn1cc(-c2cc(-c3ccc(N4CCC(S(C)(=O)=O)CC4)nc3)c3c(C#N)cnn3c2)cn1. The summed E-state index contributed by atoms with van der Waals surface area (Å²) in [6.07, 6.45) is 11.5. The topological polar surface area (TPSA) is 109 Å². The molecule has 4 aromatic heterocycles. The molecule has 5 heterocycles. The zero-order valence-electron chi connectivity index (χ0n) is 18.4. The first-order valence-corrected chi connectivity index (χ1v) is 12.6. The molecule has 0 amide bonds. The van der Waals surface area contributed by atoms with Crippen LogP contribution in [0.25, 0.3) is 27.8 Å². The number of sulfone groups is 1. The van der Waals surface area contributed by atoms with Crippen molar-refractivity contribution in [3.05, 3.63) is 54.7 Å². The maximum atomic E-state index is 11.8.